The van der Waals surface area contributed by atoms with Gasteiger partial charge < -0.3 is 4.57 Å². The van der Waals surface area contributed by atoms with Gasteiger partial charge in [0.25, 0.3) is 0 Å². The van der Waals surface area contributed by atoms with Crippen molar-refractivity contribution in [1.29, 1.82) is 0 Å². The normalized spacial score (nSPS) is 11.8. The van der Waals surface area contributed by atoms with Gasteiger partial charge in [0.2, 0.25) is 0 Å². The Morgan fingerprint density at radius 1 is 0.541 bits per heavy atom. The van der Waals surface area contributed by atoms with Gasteiger partial charge in [-0.2, -0.15) is 0 Å². The molecular formula is C33H21N3S. The highest BCUT2D eigenvalue weighted by molar-refractivity contribution is 7.23. The third-order valence-corrected chi connectivity index (χ3v) is 8.18. The fourth-order valence-electron chi connectivity index (χ4n) is 5.56. The molecule has 0 aliphatic heterocycles. The van der Waals surface area contributed by atoms with Gasteiger partial charge in [-0.1, -0.05) is 96.3 Å². The number of fused-ring (bicyclic) bond motifs is 6. The highest BCUT2D eigenvalue weighted by atomic mass is 32.1. The molecule has 4 heteroatoms. The van der Waals surface area contributed by atoms with Gasteiger partial charge in [-0.3, -0.25) is 4.40 Å². The number of aromatic nitrogens is 3. The molecule has 8 rings (SSSR count). The van der Waals surface area contributed by atoms with Gasteiger partial charge in [0.05, 0.1) is 32.6 Å². The number of rotatable bonds is 3. The molecule has 8 aromatic rings. The van der Waals surface area contributed by atoms with E-state index >= 15 is 0 Å². The van der Waals surface area contributed by atoms with Crippen LogP contribution in [0, 0.1) is 0 Å². The standard InChI is InChI=1S/C33H21N3S/c1-3-11-22(12-4-1)31-32(36-29-17-9-10-18-30(29)37-33(36)34-31)23-19-20-28-26(21-23)25-15-7-8-16-27(25)35(28)24-13-5-2-6-14-24/h1-21H. The quantitative estimate of drug-likeness (QED) is 0.242. The Morgan fingerprint density at radius 3 is 2.05 bits per heavy atom. The minimum atomic E-state index is 1.02. The van der Waals surface area contributed by atoms with E-state index in [1.54, 1.807) is 11.3 Å². The van der Waals surface area contributed by atoms with Crippen LogP contribution in [0.2, 0.25) is 0 Å². The summed E-state index contributed by atoms with van der Waals surface area (Å²) in [5.41, 5.74) is 9.22. The molecule has 0 radical (unpaired) electrons. The molecule has 3 aromatic heterocycles. The second kappa shape index (κ2) is 7.92. The van der Waals surface area contributed by atoms with Gasteiger partial charge in [-0.05, 0) is 42.5 Å². The van der Waals surface area contributed by atoms with Gasteiger partial charge in [0, 0.05) is 27.6 Å². The molecule has 174 valence electrons. The van der Waals surface area contributed by atoms with Crippen LogP contribution >= 0.6 is 11.3 Å². The van der Waals surface area contributed by atoms with Crippen molar-refractivity contribution in [3.05, 3.63) is 127 Å². The summed E-state index contributed by atoms with van der Waals surface area (Å²) in [6.45, 7) is 0. The summed E-state index contributed by atoms with van der Waals surface area (Å²) < 4.78 is 5.94. The molecule has 0 amide bonds. The molecule has 0 unspecified atom stereocenters. The maximum absolute atomic E-state index is 5.17. The highest BCUT2D eigenvalue weighted by Crippen LogP contribution is 2.41. The molecule has 0 aliphatic carbocycles. The smallest absolute Gasteiger partial charge is 0.195 e. The van der Waals surface area contributed by atoms with Crippen LogP contribution in [-0.2, 0) is 0 Å². The topological polar surface area (TPSA) is 22.2 Å². The molecule has 3 heterocycles. The lowest BCUT2D eigenvalue weighted by atomic mass is 10.0. The van der Waals surface area contributed by atoms with Gasteiger partial charge >= 0.3 is 0 Å². The molecule has 3 nitrogen and oxygen atoms in total. The predicted molar refractivity (Wildman–Crippen MR) is 156 cm³/mol. The average Bonchev–Trinajstić information content (AvgIpc) is 3.61. The highest BCUT2D eigenvalue weighted by Gasteiger charge is 2.21. The van der Waals surface area contributed by atoms with Crippen molar-refractivity contribution in [3.8, 4) is 28.2 Å². The van der Waals surface area contributed by atoms with Gasteiger partial charge in [-0.25, -0.2) is 4.98 Å². The van der Waals surface area contributed by atoms with Gasteiger partial charge in [0.15, 0.2) is 4.96 Å². The summed E-state index contributed by atoms with van der Waals surface area (Å²) in [4.78, 5) is 6.18. The van der Waals surface area contributed by atoms with Crippen LogP contribution in [0.4, 0.5) is 0 Å². The summed E-state index contributed by atoms with van der Waals surface area (Å²) in [5.74, 6) is 0. The van der Waals surface area contributed by atoms with E-state index < -0.39 is 0 Å². The van der Waals surface area contributed by atoms with Crippen LogP contribution < -0.4 is 0 Å². The summed E-state index contributed by atoms with van der Waals surface area (Å²) in [6, 6.07) is 45.3. The number of hydrogen-bond acceptors (Lipinski definition) is 2. The second-order valence-electron chi connectivity index (χ2n) is 9.28. The maximum Gasteiger partial charge on any atom is 0.195 e. The van der Waals surface area contributed by atoms with Gasteiger partial charge in [0.1, 0.15) is 0 Å². The lowest BCUT2D eigenvalue weighted by Gasteiger charge is -2.09. The molecule has 0 N–H and O–H groups in total. The van der Waals surface area contributed by atoms with E-state index in [2.05, 4.69) is 136 Å². The van der Waals surface area contributed by atoms with E-state index in [9.17, 15) is 0 Å². The SMILES string of the molecule is c1ccc(-c2nc3sc4ccccc4n3c2-c2ccc3c(c2)c2ccccc2n3-c2ccccc2)cc1. The van der Waals surface area contributed by atoms with Crippen molar-refractivity contribution in [2.75, 3.05) is 0 Å². The molecular weight excluding hydrogens is 470 g/mol. The first-order chi connectivity index (χ1) is 18.4. The molecule has 0 saturated heterocycles. The fourth-order valence-corrected chi connectivity index (χ4v) is 6.58. The number of nitrogens with zero attached hydrogens (tertiary/aromatic N) is 3. The van der Waals surface area contributed by atoms with E-state index in [0.717, 1.165) is 21.9 Å². The molecule has 37 heavy (non-hydrogen) atoms. The third-order valence-electron chi connectivity index (χ3n) is 7.16. The largest absolute Gasteiger partial charge is 0.309 e. The zero-order valence-electron chi connectivity index (χ0n) is 19.9. The lowest BCUT2D eigenvalue weighted by Crippen LogP contribution is -1.93. The number of hydrogen-bond donors (Lipinski definition) is 0. The maximum atomic E-state index is 5.17. The molecule has 0 fully saturated rings. The first-order valence-electron chi connectivity index (χ1n) is 12.4. The van der Waals surface area contributed by atoms with Crippen molar-refractivity contribution in [1.82, 2.24) is 14.0 Å². The van der Waals surface area contributed by atoms with E-state index in [0.29, 0.717) is 0 Å². The minimum Gasteiger partial charge on any atom is -0.309 e. The predicted octanol–water partition coefficient (Wildman–Crippen LogP) is 8.98. The van der Waals surface area contributed by atoms with Crippen LogP contribution in [0.5, 0.6) is 0 Å². The van der Waals surface area contributed by atoms with Gasteiger partial charge in [-0.15, -0.1) is 0 Å². The number of thiazole rings is 1. The Balaban J connectivity index is 1.47. The van der Waals surface area contributed by atoms with Crippen molar-refractivity contribution in [2.45, 2.75) is 0 Å². The Hall–Kier alpha value is -4.67. The van der Waals surface area contributed by atoms with Crippen LogP contribution in [0.25, 0.3) is 65.2 Å². The Bertz CT molecular complexity index is 2080. The fraction of sp³-hybridized carbons (Fsp3) is 0. The number of imidazole rings is 1. The van der Waals surface area contributed by atoms with Crippen LogP contribution in [0.3, 0.4) is 0 Å². The number of para-hydroxylation sites is 3. The first kappa shape index (κ1) is 20.5. The second-order valence-corrected chi connectivity index (χ2v) is 10.3. The summed E-state index contributed by atoms with van der Waals surface area (Å²) >= 11 is 1.74. The molecule has 0 saturated carbocycles. The first-order valence-corrected chi connectivity index (χ1v) is 13.2. The molecule has 0 aliphatic rings. The van der Waals surface area contributed by atoms with E-state index in [-0.39, 0.29) is 0 Å². The number of benzene rings is 5. The summed E-state index contributed by atoms with van der Waals surface area (Å²) in [5, 5.41) is 2.49. The summed E-state index contributed by atoms with van der Waals surface area (Å²) in [7, 11) is 0. The lowest BCUT2D eigenvalue weighted by molar-refractivity contribution is 1.18. The average molecular weight is 492 g/mol. The molecule has 0 bridgehead atoms. The Morgan fingerprint density at radius 2 is 1.22 bits per heavy atom. The van der Waals surface area contributed by atoms with Crippen LogP contribution in [0.15, 0.2) is 127 Å². The zero-order chi connectivity index (χ0) is 24.3. The summed E-state index contributed by atoms with van der Waals surface area (Å²) in [6.07, 6.45) is 0. The van der Waals surface area contributed by atoms with Crippen molar-refractivity contribution in [2.24, 2.45) is 0 Å². The van der Waals surface area contributed by atoms with Crippen molar-refractivity contribution < 1.29 is 0 Å². The van der Waals surface area contributed by atoms with E-state index in [1.807, 2.05) is 0 Å². The Kier molecular flexibility index (Phi) is 4.39. The third kappa shape index (κ3) is 3.03. The van der Waals surface area contributed by atoms with E-state index in [4.69, 9.17) is 4.98 Å². The molecule has 0 atom stereocenters. The Labute approximate surface area is 217 Å². The molecule has 5 aromatic carbocycles. The van der Waals surface area contributed by atoms with E-state index in [1.165, 1.54) is 43.3 Å². The molecule has 0 spiro atoms. The minimum absolute atomic E-state index is 1.02. The van der Waals surface area contributed by atoms with Crippen LogP contribution in [0.1, 0.15) is 0 Å². The monoisotopic (exact) mass is 491 g/mol. The van der Waals surface area contributed by atoms with Crippen LogP contribution in [-0.4, -0.2) is 14.0 Å². The zero-order valence-corrected chi connectivity index (χ0v) is 20.7. The van der Waals surface area contributed by atoms with Crippen molar-refractivity contribution in [3.63, 3.8) is 0 Å². The van der Waals surface area contributed by atoms with Crippen molar-refractivity contribution >= 4 is 48.3 Å².